The molecule has 3 aromatic heterocycles. The molecule has 0 amide bonds. The Labute approximate surface area is 169 Å². The second kappa shape index (κ2) is 7.14. The van der Waals surface area contributed by atoms with Crippen LogP contribution in [0.2, 0.25) is 0 Å². The molecule has 0 N–H and O–H groups in total. The van der Waals surface area contributed by atoms with Crippen molar-refractivity contribution >= 4 is 20.2 Å². The highest BCUT2D eigenvalue weighted by molar-refractivity contribution is 7.85. The standard InChI is InChI=1S/C17H11N3O8S2/c21-29(22,23)13-7-6-12(28-13)16-15(11-8-14(27-9-11)30(24,25)26)19-20-17(18-16)10-4-2-1-3-5-10/h1-9H,(H,21,22,23)(H,24,25,26)/p-2. The Morgan fingerprint density at radius 2 is 1.47 bits per heavy atom. The lowest BCUT2D eigenvalue weighted by Crippen LogP contribution is -2.00. The molecule has 11 nitrogen and oxygen atoms in total. The lowest BCUT2D eigenvalue weighted by molar-refractivity contribution is 0.397. The summed E-state index contributed by atoms with van der Waals surface area (Å²) >= 11 is 0. The average molecular weight is 447 g/mol. The Bertz CT molecular complexity index is 1440. The number of nitrogens with zero attached hydrogens (tertiary/aromatic N) is 3. The maximum absolute atomic E-state index is 11.2. The van der Waals surface area contributed by atoms with Gasteiger partial charge in [-0.15, -0.1) is 10.2 Å². The molecule has 4 rings (SSSR count). The summed E-state index contributed by atoms with van der Waals surface area (Å²) in [6.07, 6.45) is 0.955. The number of aromatic nitrogens is 3. The topological polar surface area (TPSA) is 179 Å². The van der Waals surface area contributed by atoms with E-state index in [1.165, 1.54) is 6.07 Å². The van der Waals surface area contributed by atoms with E-state index in [2.05, 4.69) is 15.2 Å². The van der Waals surface area contributed by atoms with Gasteiger partial charge in [-0.1, -0.05) is 30.3 Å². The van der Waals surface area contributed by atoms with Gasteiger partial charge in [-0.2, -0.15) is 0 Å². The maximum Gasteiger partial charge on any atom is 0.206 e. The molecule has 0 aliphatic heterocycles. The normalized spacial score (nSPS) is 12.2. The summed E-state index contributed by atoms with van der Waals surface area (Å²) in [6, 6.07) is 11.7. The molecule has 0 radical (unpaired) electrons. The SMILES string of the molecule is O=S(=O)([O-])c1cc(-c2nnc(-c3ccccc3)nc2-c2ccc(S(=O)(=O)[O-])o2)co1. The Hall–Kier alpha value is -3.39. The summed E-state index contributed by atoms with van der Waals surface area (Å²) in [6.45, 7) is 0. The number of hydrogen-bond acceptors (Lipinski definition) is 11. The molecule has 0 aliphatic rings. The predicted octanol–water partition coefficient (Wildman–Crippen LogP) is 1.87. The molecule has 0 atom stereocenters. The van der Waals surface area contributed by atoms with Crippen molar-refractivity contribution < 1.29 is 34.8 Å². The van der Waals surface area contributed by atoms with Crippen molar-refractivity contribution in [3.05, 3.63) is 54.8 Å². The molecular weight excluding hydrogens is 438 g/mol. The summed E-state index contributed by atoms with van der Waals surface area (Å²) in [5.41, 5.74) is 0.505. The van der Waals surface area contributed by atoms with Crippen LogP contribution in [-0.4, -0.2) is 41.1 Å². The molecule has 0 bridgehead atoms. The Kier molecular flexibility index (Phi) is 4.74. The van der Waals surface area contributed by atoms with E-state index in [1.807, 2.05) is 0 Å². The van der Waals surface area contributed by atoms with Crippen molar-refractivity contribution in [2.24, 2.45) is 0 Å². The number of furan rings is 2. The molecule has 0 spiro atoms. The van der Waals surface area contributed by atoms with Gasteiger partial charge in [-0.3, -0.25) is 0 Å². The zero-order chi connectivity index (χ0) is 21.5. The van der Waals surface area contributed by atoms with Crippen molar-refractivity contribution in [3.63, 3.8) is 0 Å². The number of benzene rings is 1. The molecule has 30 heavy (non-hydrogen) atoms. The predicted molar refractivity (Wildman–Crippen MR) is 96.6 cm³/mol. The second-order valence-electron chi connectivity index (χ2n) is 5.88. The first-order valence-electron chi connectivity index (χ1n) is 8.04. The third kappa shape index (κ3) is 3.86. The van der Waals surface area contributed by atoms with Gasteiger partial charge in [0.2, 0.25) is 10.2 Å². The van der Waals surface area contributed by atoms with Crippen LogP contribution in [-0.2, 0) is 20.2 Å². The highest BCUT2D eigenvalue weighted by Gasteiger charge is 2.21. The van der Waals surface area contributed by atoms with Crippen molar-refractivity contribution in [2.75, 3.05) is 0 Å². The molecule has 3 heterocycles. The lowest BCUT2D eigenvalue weighted by Gasteiger charge is -2.07. The van der Waals surface area contributed by atoms with Crippen LogP contribution >= 0.6 is 0 Å². The first-order valence-corrected chi connectivity index (χ1v) is 10.9. The molecular formula is C17H9N3O8S2-2. The maximum atomic E-state index is 11.2. The van der Waals surface area contributed by atoms with E-state index in [9.17, 15) is 25.9 Å². The zero-order valence-corrected chi connectivity index (χ0v) is 16.3. The van der Waals surface area contributed by atoms with Gasteiger partial charge in [-0.25, -0.2) is 21.8 Å². The fourth-order valence-electron chi connectivity index (χ4n) is 2.56. The van der Waals surface area contributed by atoms with Crippen molar-refractivity contribution in [3.8, 4) is 34.1 Å². The van der Waals surface area contributed by atoms with Crippen molar-refractivity contribution in [2.45, 2.75) is 10.2 Å². The Balaban J connectivity index is 1.92. The van der Waals surface area contributed by atoms with E-state index in [-0.39, 0.29) is 28.5 Å². The van der Waals surface area contributed by atoms with Crippen LogP contribution in [0.1, 0.15) is 0 Å². The number of rotatable bonds is 5. The minimum Gasteiger partial charge on any atom is -0.742 e. The summed E-state index contributed by atoms with van der Waals surface area (Å²) in [5, 5.41) is 6.32. The Morgan fingerprint density at radius 3 is 2.07 bits per heavy atom. The van der Waals surface area contributed by atoms with Crippen molar-refractivity contribution in [1.82, 2.24) is 15.2 Å². The van der Waals surface area contributed by atoms with Crippen LogP contribution in [0.3, 0.4) is 0 Å². The third-order valence-corrected chi connectivity index (χ3v) is 5.29. The van der Waals surface area contributed by atoms with Crippen LogP contribution in [0.5, 0.6) is 0 Å². The minimum absolute atomic E-state index is 0.0296. The third-order valence-electron chi connectivity index (χ3n) is 3.88. The van der Waals surface area contributed by atoms with Gasteiger partial charge in [-0.05, 0) is 12.1 Å². The molecule has 0 aliphatic carbocycles. The van der Waals surface area contributed by atoms with Gasteiger partial charge >= 0.3 is 0 Å². The van der Waals surface area contributed by atoms with E-state index >= 15 is 0 Å². The van der Waals surface area contributed by atoms with Gasteiger partial charge in [0.15, 0.2) is 31.8 Å². The van der Waals surface area contributed by atoms with Crippen LogP contribution in [0, 0.1) is 0 Å². The lowest BCUT2D eigenvalue weighted by atomic mass is 10.1. The molecule has 13 heteroatoms. The van der Waals surface area contributed by atoms with E-state index in [4.69, 9.17) is 8.83 Å². The van der Waals surface area contributed by atoms with Gasteiger partial charge in [0.25, 0.3) is 0 Å². The van der Waals surface area contributed by atoms with E-state index in [0.29, 0.717) is 5.56 Å². The minimum atomic E-state index is -4.86. The molecule has 0 saturated heterocycles. The molecule has 0 fully saturated rings. The first kappa shape index (κ1) is 19.9. The largest absolute Gasteiger partial charge is 0.742 e. The Morgan fingerprint density at radius 1 is 0.767 bits per heavy atom. The molecule has 0 unspecified atom stereocenters. The zero-order valence-electron chi connectivity index (χ0n) is 14.6. The van der Waals surface area contributed by atoms with Gasteiger partial charge in [0.05, 0.1) is 0 Å². The fraction of sp³-hybridized carbons (Fsp3) is 0. The molecule has 154 valence electrons. The smallest absolute Gasteiger partial charge is 0.206 e. The highest BCUT2D eigenvalue weighted by Crippen LogP contribution is 2.33. The molecule has 1 aromatic carbocycles. The van der Waals surface area contributed by atoms with Crippen LogP contribution < -0.4 is 0 Å². The average Bonchev–Trinajstić information content (AvgIpc) is 3.37. The van der Waals surface area contributed by atoms with Crippen LogP contribution in [0.4, 0.5) is 0 Å². The van der Waals surface area contributed by atoms with Gasteiger partial charge in [0.1, 0.15) is 17.7 Å². The number of hydrogen-bond donors (Lipinski definition) is 0. The van der Waals surface area contributed by atoms with E-state index in [1.54, 1.807) is 30.3 Å². The van der Waals surface area contributed by atoms with Crippen LogP contribution in [0.25, 0.3) is 34.1 Å². The second-order valence-corrected chi connectivity index (χ2v) is 8.50. The summed E-state index contributed by atoms with van der Waals surface area (Å²) < 4.78 is 77.1. The van der Waals surface area contributed by atoms with Gasteiger partial charge in [0, 0.05) is 17.2 Å². The summed E-state index contributed by atoms with van der Waals surface area (Å²) in [7, 11) is -9.73. The van der Waals surface area contributed by atoms with E-state index in [0.717, 1.165) is 18.4 Å². The van der Waals surface area contributed by atoms with Gasteiger partial charge < -0.3 is 17.9 Å². The first-order chi connectivity index (χ1) is 14.1. The van der Waals surface area contributed by atoms with Crippen molar-refractivity contribution in [1.29, 1.82) is 0 Å². The molecule has 4 aromatic rings. The highest BCUT2D eigenvalue weighted by atomic mass is 32.2. The summed E-state index contributed by atoms with van der Waals surface area (Å²) in [5.74, 6) is 0.0108. The molecule has 0 saturated carbocycles. The summed E-state index contributed by atoms with van der Waals surface area (Å²) in [4.78, 5) is 4.32. The fourth-order valence-corrected chi connectivity index (χ4v) is 3.42. The van der Waals surface area contributed by atoms with E-state index < -0.39 is 30.4 Å². The van der Waals surface area contributed by atoms with Crippen LogP contribution in [0.15, 0.2) is 73.8 Å². The monoisotopic (exact) mass is 447 g/mol. The quantitative estimate of drug-likeness (QED) is 0.407.